The van der Waals surface area contributed by atoms with E-state index in [1.54, 1.807) is 48.5 Å². The lowest BCUT2D eigenvalue weighted by molar-refractivity contribution is -0.00173. The van der Waals surface area contributed by atoms with Gasteiger partial charge in [-0.25, -0.2) is 9.13 Å². The van der Waals surface area contributed by atoms with Crippen molar-refractivity contribution in [1.29, 1.82) is 0 Å². The molecule has 6 aliphatic rings. The maximum absolute atomic E-state index is 14.8. The predicted octanol–water partition coefficient (Wildman–Crippen LogP) is 12.4. The SMILES string of the molecule is CC(C)C[Si]1(O)O[Si]2(CCCN(CC(O)COP3(=O)Oc4ccccc4-c4ccccc43)CC(O)COP3(=O)Oc4ccccc4-c4ccccc43)O[Si]3(CC(C)C)O[SiH2]O[Si]4(CC(C)C)O[Si](CC(C)C)(O1)O[Si](CC(C)C)(O2)O[Si](CC(C)C)(O3)O4.CCC(C)C. The number of hydrogen-bond donors (Lipinski definition) is 3. The highest BCUT2D eigenvalue weighted by Gasteiger charge is 2.78. The fourth-order valence-electron chi connectivity index (χ4n) is 12.5. The van der Waals surface area contributed by atoms with Gasteiger partial charge in [0.2, 0.25) is 0 Å². The van der Waals surface area contributed by atoms with Crippen molar-refractivity contribution in [3.63, 3.8) is 0 Å². The zero-order valence-electron chi connectivity index (χ0n) is 57.2. The van der Waals surface area contributed by atoms with Crippen LogP contribution in [0.2, 0.25) is 42.3 Å². The molecule has 0 aromatic heterocycles. The van der Waals surface area contributed by atoms with Gasteiger partial charge >= 0.3 is 76.8 Å². The molecular formula is C62H103NO20P2Si8. The average molecular weight is 1470 g/mol. The summed E-state index contributed by atoms with van der Waals surface area (Å²) in [7, 11) is -40.0. The minimum absolute atomic E-state index is 0.00641. The first kappa shape index (κ1) is 75.2. The van der Waals surface area contributed by atoms with Crippen molar-refractivity contribution < 1.29 is 87.5 Å². The van der Waals surface area contributed by atoms with Gasteiger partial charge in [-0.1, -0.05) is 183 Å². The molecule has 4 fully saturated rings. The summed E-state index contributed by atoms with van der Waals surface area (Å²) in [6.45, 7) is 30.4. The maximum Gasteiger partial charge on any atom is 0.483 e. The van der Waals surface area contributed by atoms with E-state index in [2.05, 4.69) is 90.0 Å². The van der Waals surface area contributed by atoms with Gasteiger partial charge in [-0.2, -0.15) is 0 Å². The lowest BCUT2D eigenvalue weighted by atomic mass is 10.0. The van der Waals surface area contributed by atoms with Crippen molar-refractivity contribution >= 4 is 97.4 Å². The van der Waals surface area contributed by atoms with Gasteiger partial charge in [-0.05, 0) is 78.7 Å². The number of para-hydroxylation sites is 2. The van der Waals surface area contributed by atoms with E-state index in [1.807, 2.05) is 67.3 Å². The van der Waals surface area contributed by atoms with Crippen LogP contribution in [0.25, 0.3) is 22.3 Å². The van der Waals surface area contributed by atoms with Crippen molar-refractivity contribution in [3.8, 4) is 33.8 Å². The van der Waals surface area contributed by atoms with Gasteiger partial charge in [0.15, 0.2) is 0 Å². The molecule has 6 heterocycles. The fraction of sp³-hybridized carbons (Fsp3) is 0.613. The first-order valence-electron chi connectivity index (χ1n) is 33.4. The van der Waals surface area contributed by atoms with Gasteiger partial charge in [0.05, 0.1) is 36.0 Å². The van der Waals surface area contributed by atoms with Gasteiger partial charge < -0.3 is 69.3 Å². The molecule has 4 saturated heterocycles. The lowest BCUT2D eigenvalue weighted by Crippen LogP contribution is -2.84. The maximum atomic E-state index is 14.8. The van der Waals surface area contributed by atoms with Crippen LogP contribution in [0.4, 0.5) is 0 Å². The van der Waals surface area contributed by atoms with Crippen LogP contribution in [-0.4, -0.2) is 137 Å². The zero-order valence-corrected chi connectivity index (χ0v) is 67.4. The molecule has 6 aliphatic heterocycles. The van der Waals surface area contributed by atoms with E-state index in [4.69, 9.17) is 63.4 Å². The third kappa shape index (κ3) is 18.7. The molecule has 0 aliphatic carbocycles. The van der Waals surface area contributed by atoms with Crippen LogP contribution in [0.15, 0.2) is 97.1 Å². The molecule has 3 N–H and O–H groups in total. The number of hydrogen-bond acceptors (Lipinski definition) is 21. The third-order valence-corrected chi connectivity index (χ3v) is 55.7. The molecular weight excluding hydrogens is 1370 g/mol. The standard InChI is InChI=1S/C57H91NO20P2Si8.C5H12/c1-42(2)36-82(63)70-83(72-84(37-43(3)4)68-81-69-85(38-44(5)6)74-86(71-82,39-45(7)8)77-87(73-83,40-46(9)10)78-88(75-84,76-85)41-47(11)12)31-21-30-58(32-48(59)34-64-79(61)56-28-19-15-24-52(56)50-22-13-17-26-54(50)66-79)33-49(60)35-65-80(62)57-29-20-16-25-53(57)51-23-14-18-27-55(51)67-80;1-4-5(2)3/h13-20,22-29,42-49,59-60,63H,21,30-41,81H2,1-12H3;5H,4H2,1-3H3. The van der Waals surface area contributed by atoms with Gasteiger partial charge in [-0.15, -0.1) is 0 Å². The van der Waals surface area contributed by atoms with Crippen LogP contribution in [0.3, 0.4) is 0 Å². The van der Waals surface area contributed by atoms with Crippen molar-refractivity contribution in [3.05, 3.63) is 97.1 Å². The minimum Gasteiger partial charge on any atom is -0.421 e. The minimum atomic E-state index is -4.57. The smallest absolute Gasteiger partial charge is 0.421 e. The molecule has 0 amide bonds. The second-order valence-electron chi connectivity index (χ2n) is 28.5. The molecule has 518 valence electrons. The molecule has 11 unspecified atom stereocenters. The monoisotopic (exact) mass is 1470 g/mol. The van der Waals surface area contributed by atoms with E-state index >= 15 is 0 Å². The van der Waals surface area contributed by atoms with E-state index in [0.29, 0.717) is 51.4 Å². The summed E-state index contributed by atoms with van der Waals surface area (Å²) in [5.41, 5.74) is 2.93. The number of rotatable bonds is 27. The third-order valence-electron chi connectivity index (χ3n) is 16.1. The molecule has 0 radical (unpaired) electrons. The molecule has 4 aromatic carbocycles. The highest BCUT2D eigenvalue weighted by molar-refractivity contribution is 7.63. The fourth-order valence-corrected chi connectivity index (χ4v) is 60.5. The Morgan fingerprint density at radius 3 is 1.16 bits per heavy atom. The van der Waals surface area contributed by atoms with E-state index in [9.17, 15) is 24.1 Å². The van der Waals surface area contributed by atoms with E-state index in [0.717, 1.165) is 17.0 Å². The molecule has 93 heavy (non-hydrogen) atoms. The van der Waals surface area contributed by atoms with Crippen molar-refractivity contribution in [2.24, 2.45) is 41.4 Å². The Bertz CT molecular complexity index is 3130. The topological polar surface area (TPSA) is 237 Å². The van der Waals surface area contributed by atoms with Crippen molar-refractivity contribution in [1.82, 2.24) is 4.90 Å². The predicted molar refractivity (Wildman–Crippen MR) is 375 cm³/mol. The summed E-state index contributed by atoms with van der Waals surface area (Å²) in [5.74, 6) is 1.35. The van der Waals surface area contributed by atoms with Crippen molar-refractivity contribution in [2.45, 2.75) is 171 Å². The van der Waals surface area contributed by atoms with Crippen LogP contribution in [-0.2, 0) is 63.4 Å². The summed E-state index contributed by atoms with van der Waals surface area (Å²) >= 11 is 0. The van der Waals surface area contributed by atoms with E-state index in [-0.39, 0.29) is 85.7 Å². The molecule has 0 spiro atoms. The normalized spacial score (nSPS) is 31.4. The molecule has 0 saturated carbocycles. The Kier molecular flexibility index (Phi) is 24.9. The summed E-state index contributed by atoms with van der Waals surface area (Å²) < 4.78 is 138. The Balaban J connectivity index is 0.00000196. The molecule has 6 bridgehead atoms. The second kappa shape index (κ2) is 30.9. The van der Waals surface area contributed by atoms with Crippen LogP contribution in [0.5, 0.6) is 11.5 Å². The number of fused-ring (bicyclic) bond motifs is 10. The molecule has 31 heteroatoms. The lowest BCUT2D eigenvalue weighted by Gasteiger charge is -2.59. The van der Waals surface area contributed by atoms with Crippen molar-refractivity contribution in [2.75, 3.05) is 32.8 Å². The zero-order chi connectivity index (χ0) is 67.4. The Morgan fingerprint density at radius 2 is 0.763 bits per heavy atom. The average Bonchev–Trinajstić information content (AvgIpc) is 0.708. The number of aliphatic hydroxyl groups excluding tert-OH is 2. The largest absolute Gasteiger partial charge is 0.483 e. The summed E-state index contributed by atoms with van der Waals surface area (Å²) in [4.78, 5) is 15.4. The first-order chi connectivity index (χ1) is 43.8. The number of nitrogens with zero attached hydrogens (tertiary/aromatic N) is 1. The van der Waals surface area contributed by atoms with Gasteiger partial charge in [0.1, 0.15) is 11.5 Å². The highest BCUT2D eigenvalue weighted by Crippen LogP contribution is 2.58. The van der Waals surface area contributed by atoms with Crippen LogP contribution in [0.1, 0.15) is 117 Å². The molecule has 10 rings (SSSR count). The number of benzene rings is 4. The summed E-state index contributed by atoms with van der Waals surface area (Å²) in [6.07, 6.45) is -1.11. The quantitative estimate of drug-likeness (QED) is 0.0372. The highest BCUT2D eigenvalue weighted by atomic mass is 31.2. The second-order valence-corrected chi connectivity index (χ2v) is 54.8. The van der Waals surface area contributed by atoms with Crippen LogP contribution in [0, 0.1) is 41.4 Å². The van der Waals surface area contributed by atoms with Gasteiger partial charge in [0, 0.05) is 77.7 Å². The molecule has 11 atom stereocenters. The summed E-state index contributed by atoms with van der Waals surface area (Å²) in [6, 6.07) is 30.6. The Hall–Kier alpha value is -2.00. The summed E-state index contributed by atoms with van der Waals surface area (Å²) in [5, 5.41) is 25.0. The first-order valence-corrected chi connectivity index (χ1v) is 51.2. The number of aliphatic hydroxyl groups is 2. The van der Waals surface area contributed by atoms with Gasteiger partial charge in [-0.3, -0.25) is 13.9 Å². The van der Waals surface area contributed by atoms with Gasteiger partial charge in [0.25, 0.3) is 10.0 Å². The Labute approximate surface area is 562 Å². The Morgan fingerprint density at radius 1 is 0.441 bits per heavy atom. The van der Waals surface area contributed by atoms with Crippen LogP contribution < -0.4 is 19.7 Å². The van der Waals surface area contributed by atoms with Crippen LogP contribution >= 0.6 is 15.2 Å². The van der Waals surface area contributed by atoms with E-state index in [1.165, 1.54) is 6.42 Å². The molecule has 4 aromatic rings. The van der Waals surface area contributed by atoms with E-state index < -0.39 is 112 Å². The molecule has 21 nitrogen and oxygen atoms in total.